The van der Waals surface area contributed by atoms with Crippen LogP contribution in [0.15, 0.2) is 11.3 Å². The fourth-order valence-electron chi connectivity index (χ4n) is 4.86. The Bertz CT molecular complexity index is 450. The summed E-state index contributed by atoms with van der Waals surface area (Å²) in [6, 6.07) is 0. The molecule has 2 nitrogen and oxygen atoms in total. The number of ether oxygens (including phenoxy) is 1. The lowest BCUT2D eigenvalue weighted by Crippen LogP contribution is -2.58. The lowest BCUT2D eigenvalue weighted by atomic mass is 9.45. The van der Waals surface area contributed by atoms with E-state index in [9.17, 15) is 0 Å². The molecule has 1 spiro atoms. The van der Waals surface area contributed by atoms with Crippen LogP contribution in [0.4, 0.5) is 0 Å². The third-order valence-corrected chi connectivity index (χ3v) is 7.28. The zero-order valence-electron chi connectivity index (χ0n) is 14.2. The van der Waals surface area contributed by atoms with Gasteiger partial charge in [0, 0.05) is 12.7 Å². The van der Waals surface area contributed by atoms with Crippen molar-refractivity contribution in [3.63, 3.8) is 0 Å². The fraction of sp³-hybridized carbons (Fsp3) is 0.882. The summed E-state index contributed by atoms with van der Waals surface area (Å²) in [5.41, 5.74) is 3.97. The molecule has 1 unspecified atom stereocenters. The monoisotopic (exact) mass is 275 g/mol. The molecule has 2 aliphatic heterocycles. The maximum atomic E-state index is 5.57. The van der Waals surface area contributed by atoms with Gasteiger partial charge in [0.2, 0.25) is 0 Å². The van der Waals surface area contributed by atoms with Crippen LogP contribution < -0.4 is 0 Å². The van der Waals surface area contributed by atoms with E-state index >= 15 is 0 Å². The molecule has 1 saturated heterocycles. The molecule has 3 aliphatic rings. The van der Waals surface area contributed by atoms with E-state index in [0.29, 0.717) is 16.3 Å². The van der Waals surface area contributed by atoms with Gasteiger partial charge in [0.1, 0.15) is 7.85 Å². The van der Waals surface area contributed by atoms with E-state index in [1.807, 2.05) is 0 Å². The Morgan fingerprint density at radius 1 is 1.25 bits per heavy atom. The van der Waals surface area contributed by atoms with Gasteiger partial charge in [-0.2, -0.15) is 0 Å². The predicted octanol–water partition coefficient (Wildman–Crippen LogP) is 3.00. The van der Waals surface area contributed by atoms with Gasteiger partial charge in [0.05, 0.1) is 18.8 Å². The lowest BCUT2D eigenvalue weighted by molar-refractivity contribution is -0.114. The summed E-state index contributed by atoms with van der Waals surface area (Å²) in [7, 11) is 4.83. The summed E-state index contributed by atoms with van der Waals surface area (Å²) in [4.78, 5) is 2.58. The molecular formula is C17H30BNO. The standard InChI is InChI=1S/C17H30BNO/c1-12(2)17(18)8-6-7-14-13(15(17,3)4)9-16(19(14)5)10-20-11-16/h12H,6-11,18H2,1-5H3. The molecule has 112 valence electrons. The van der Waals surface area contributed by atoms with Crippen LogP contribution >= 0.6 is 0 Å². The number of rotatable bonds is 1. The first-order chi connectivity index (χ1) is 9.25. The molecule has 1 aliphatic carbocycles. The van der Waals surface area contributed by atoms with Crippen LogP contribution in [-0.4, -0.2) is 38.5 Å². The smallest absolute Gasteiger partial charge is 0.110 e. The highest BCUT2D eigenvalue weighted by Gasteiger charge is 2.56. The highest BCUT2D eigenvalue weighted by atomic mass is 16.5. The molecule has 0 aromatic heterocycles. The summed E-state index contributed by atoms with van der Waals surface area (Å²) in [6.07, 6.45) is 5.17. The lowest BCUT2D eigenvalue weighted by Gasteiger charge is -2.50. The van der Waals surface area contributed by atoms with Gasteiger partial charge >= 0.3 is 0 Å². The maximum Gasteiger partial charge on any atom is 0.110 e. The number of likely N-dealkylation sites (N-methyl/N-ethyl adjacent to an activating group) is 1. The topological polar surface area (TPSA) is 12.5 Å². The van der Waals surface area contributed by atoms with Gasteiger partial charge in [-0.05, 0) is 41.5 Å². The summed E-state index contributed by atoms with van der Waals surface area (Å²) in [5, 5.41) is 0.404. The summed E-state index contributed by atoms with van der Waals surface area (Å²) >= 11 is 0. The van der Waals surface area contributed by atoms with Crippen LogP contribution in [0.2, 0.25) is 5.31 Å². The molecule has 2 heterocycles. The first kappa shape index (κ1) is 14.5. The Labute approximate surface area is 125 Å². The van der Waals surface area contributed by atoms with Crippen LogP contribution in [0.25, 0.3) is 0 Å². The van der Waals surface area contributed by atoms with E-state index in [-0.39, 0.29) is 0 Å². The molecule has 1 fully saturated rings. The van der Waals surface area contributed by atoms with Crippen LogP contribution in [0, 0.1) is 11.3 Å². The first-order valence-electron chi connectivity index (χ1n) is 8.29. The average molecular weight is 275 g/mol. The molecule has 0 saturated carbocycles. The average Bonchev–Trinajstić information content (AvgIpc) is 2.57. The van der Waals surface area contributed by atoms with Crippen molar-refractivity contribution in [3.8, 4) is 0 Å². The molecule has 1 atom stereocenters. The highest BCUT2D eigenvalue weighted by molar-refractivity contribution is 6.16. The van der Waals surface area contributed by atoms with Crippen molar-refractivity contribution in [1.82, 2.24) is 4.90 Å². The SMILES string of the molecule is BC1(C(C)C)CCCC2=C(CC3(COC3)N2C)C1(C)C. The molecule has 0 radical (unpaired) electrons. The Morgan fingerprint density at radius 2 is 1.90 bits per heavy atom. The fourth-order valence-corrected chi connectivity index (χ4v) is 4.86. The molecule has 3 heteroatoms. The second-order valence-corrected chi connectivity index (χ2v) is 8.43. The van der Waals surface area contributed by atoms with Gasteiger partial charge in [-0.25, -0.2) is 0 Å². The zero-order chi connectivity index (χ0) is 14.8. The van der Waals surface area contributed by atoms with Crippen molar-refractivity contribution >= 4 is 7.85 Å². The van der Waals surface area contributed by atoms with Crippen molar-refractivity contribution in [2.75, 3.05) is 20.3 Å². The number of nitrogens with zero attached hydrogens (tertiary/aromatic N) is 1. The highest BCUT2D eigenvalue weighted by Crippen LogP contribution is 2.63. The van der Waals surface area contributed by atoms with Gasteiger partial charge in [-0.3, -0.25) is 0 Å². The molecule has 0 aromatic carbocycles. The predicted molar refractivity (Wildman–Crippen MR) is 86.7 cm³/mol. The van der Waals surface area contributed by atoms with E-state index in [2.05, 4.69) is 47.5 Å². The largest absolute Gasteiger partial charge is 0.376 e. The summed E-state index contributed by atoms with van der Waals surface area (Å²) < 4.78 is 5.57. The van der Waals surface area contributed by atoms with Crippen molar-refractivity contribution in [3.05, 3.63) is 11.3 Å². The van der Waals surface area contributed by atoms with Crippen LogP contribution in [0.1, 0.15) is 53.4 Å². The minimum Gasteiger partial charge on any atom is -0.376 e. The summed E-state index contributed by atoms with van der Waals surface area (Å²) in [5.74, 6) is 0.726. The van der Waals surface area contributed by atoms with Crippen molar-refractivity contribution in [1.29, 1.82) is 0 Å². The summed E-state index contributed by atoms with van der Waals surface area (Å²) in [6.45, 7) is 11.7. The minimum absolute atomic E-state index is 0.292. The van der Waals surface area contributed by atoms with E-state index in [1.165, 1.54) is 25.7 Å². The molecule has 0 aromatic rings. The van der Waals surface area contributed by atoms with Crippen molar-refractivity contribution in [2.24, 2.45) is 11.3 Å². The second-order valence-electron chi connectivity index (χ2n) is 8.43. The van der Waals surface area contributed by atoms with Crippen molar-refractivity contribution < 1.29 is 4.74 Å². The number of hydrogen-bond donors (Lipinski definition) is 0. The van der Waals surface area contributed by atoms with E-state index in [4.69, 9.17) is 4.74 Å². The molecule has 0 N–H and O–H groups in total. The number of allylic oxidation sites excluding steroid dienone is 1. The van der Waals surface area contributed by atoms with Crippen LogP contribution in [-0.2, 0) is 4.74 Å². The van der Waals surface area contributed by atoms with Crippen LogP contribution in [0.5, 0.6) is 0 Å². The Morgan fingerprint density at radius 3 is 2.40 bits per heavy atom. The number of hydrogen-bond acceptors (Lipinski definition) is 2. The van der Waals surface area contributed by atoms with Gasteiger partial charge in [0.25, 0.3) is 0 Å². The quantitative estimate of drug-likeness (QED) is 0.682. The third-order valence-electron chi connectivity index (χ3n) is 7.28. The van der Waals surface area contributed by atoms with Gasteiger partial charge in [-0.1, -0.05) is 34.1 Å². The second kappa shape index (κ2) is 4.28. The van der Waals surface area contributed by atoms with Gasteiger partial charge < -0.3 is 9.64 Å². The minimum atomic E-state index is 0.292. The molecule has 3 rings (SSSR count). The van der Waals surface area contributed by atoms with E-state index in [1.54, 1.807) is 11.3 Å². The van der Waals surface area contributed by atoms with Crippen LogP contribution in [0.3, 0.4) is 0 Å². The van der Waals surface area contributed by atoms with Gasteiger partial charge in [0.15, 0.2) is 0 Å². The van der Waals surface area contributed by atoms with E-state index in [0.717, 1.165) is 19.1 Å². The molecule has 0 amide bonds. The maximum absolute atomic E-state index is 5.57. The normalized spacial score (nSPS) is 35.2. The Hall–Kier alpha value is -0.435. The molecular weight excluding hydrogens is 245 g/mol. The van der Waals surface area contributed by atoms with Gasteiger partial charge in [-0.15, -0.1) is 0 Å². The Balaban J connectivity index is 2.03. The molecule has 20 heavy (non-hydrogen) atoms. The molecule has 0 bridgehead atoms. The van der Waals surface area contributed by atoms with E-state index < -0.39 is 0 Å². The Kier molecular flexibility index (Phi) is 3.11. The zero-order valence-corrected chi connectivity index (χ0v) is 14.2. The van der Waals surface area contributed by atoms with Crippen molar-refractivity contribution in [2.45, 2.75) is 64.2 Å². The first-order valence-corrected chi connectivity index (χ1v) is 8.29. The third kappa shape index (κ3) is 1.62.